The summed E-state index contributed by atoms with van der Waals surface area (Å²) in [6.45, 7) is 2.59. The number of nitrogens with one attached hydrogen (secondary N) is 1. The molecule has 2 amide bonds. The number of benzene rings is 3. The highest BCUT2D eigenvalue weighted by Gasteiger charge is 2.32. The molecule has 44 heavy (non-hydrogen) atoms. The topological polar surface area (TPSA) is 129 Å². The number of aliphatic imine (C=N–C) groups is 1. The van der Waals surface area contributed by atoms with E-state index in [4.69, 9.17) is 19.9 Å². The van der Waals surface area contributed by atoms with Gasteiger partial charge >= 0.3 is 6.09 Å². The summed E-state index contributed by atoms with van der Waals surface area (Å²) in [5, 5.41) is 2.94. The Morgan fingerprint density at radius 3 is 2.43 bits per heavy atom. The highest BCUT2D eigenvalue weighted by molar-refractivity contribution is 6.02. The van der Waals surface area contributed by atoms with Gasteiger partial charge in [-0.3, -0.25) is 9.59 Å². The Morgan fingerprint density at radius 2 is 1.68 bits per heavy atom. The lowest BCUT2D eigenvalue weighted by Crippen LogP contribution is -2.41. The van der Waals surface area contributed by atoms with Crippen LogP contribution in [0.5, 0.6) is 0 Å². The number of amidine groups is 1. The second-order valence-electron chi connectivity index (χ2n) is 11.1. The first-order chi connectivity index (χ1) is 21.3. The third kappa shape index (κ3) is 9.86. The van der Waals surface area contributed by atoms with Crippen molar-refractivity contribution >= 4 is 23.6 Å². The van der Waals surface area contributed by atoms with Gasteiger partial charge in [-0.2, -0.15) is 4.99 Å². The van der Waals surface area contributed by atoms with Crippen molar-refractivity contribution < 1.29 is 28.6 Å². The van der Waals surface area contributed by atoms with Crippen molar-refractivity contribution in [3.8, 4) is 0 Å². The molecule has 9 heteroatoms. The first-order valence-electron chi connectivity index (χ1n) is 14.9. The van der Waals surface area contributed by atoms with Gasteiger partial charge in [0, 0.05) is 25.0 Å². The first-order valence-corrected chi connectivity index (χ1v) is 14.9. The van der Waals surface area contributed by atoms with Crippen LogP contribution in [0.4, 0.5) is 4.79 Å². The van der Waals surface area contributed by atoms with Gasteiger partial charge in [0.15, 0.2) is 5.78 Å². The fraction of sp³-hybridized carbons (Fsp3) is 0.371. The lowest BCUT2D eigenvalue weighted by Gasteiger charge is -2.17. The van der Waals surface area contributed by atoms with Crippen LogP contribution in [0.2, 0.25) is 0 Å². The van der Waals surface area contributed by atoms with E-state index in [1.54, 1.807) is 26.2 Å². The number of carbonyl (C=O) groups excluding carboxylic acids is 3. The van der Waals surface area contributed by atoms with Gasteiger partial charge in [0.05, 0.1) is 12.6 Å². The van der Waals surface area contributed by atoms with E-state index in [-0.39, 0.29) is 36.8 Å². The molecule has 1 aliphatic rings. The molecule has 0 heterocycles. The Kier molecular flexibility index (Phi) is 12.2. The number of rotatable bonds is 14. The van der Waals surface area contributed by atoms with Gasteiger partial charge in [-0.1, -0.05) is 78.9 Å². The van der Waals surface area contributed by atoms with Crippen molar-refractivity contribution in [2.45, 2.75) is 64.2 Å². The molecule has 1 aliphatic carbocycles. The van der Waals surface area contributed by atoms with Crippen LogP contribution in [0.1, 0.15) is 66.3 Å². The van der Waals surface area contributed by atoms with Crippen LogP contribution in [0.15, 0.2) is 83.9 Å². The Balaban J connectivity index is 1.19. The largest absolute Gasteiger partial charge is 0.443 e. The van der Waals surface area contributed by atoms with E-state index >= 15 is 0 Å². The van der Waals surface area contributed by atoms with Gasteiger partial charge < -0.3 is 25.3 Å². The van der Waals surface area contributed by atoms with Crippen LogP contribution in [-0.2, 0) is 43.4 Å². The SMILES string of the molecule is COCOCc1cccc([C@@H]2CC[C@@H](C(=O)N[C@@H](C)C(=O)CCc3ccc(C(N)=NC(=O)OCc4ccccc4)cc3)C2)c1. The normalized spacial score (nSPS) is 17.2. The number of nitrogens with two attached hydrogens (primary N) is 1. The van der Waals surface area contributed by atoms with E-state index in [9.17, 15) is 14.4 Å². The van der Waals surface area contributed by atoms with Crippen LogP contribution in [0.3, 0.4) is 0 Å². The second kappa shape index (κ2) is 16.5. The Hall–Kier alpha value is -4.34. The minimum atomic E-state index is -0.761. The van der Waals surface area contributed by atoms with Crippen molar-refractivity contribution in [2.24, 2.45) is 16.6 Å². The highest BCUT2D eigenvalue weighted by Crippen LogP contribution is 2.38. The number of aryl methyl sites for hydroxylation is 1. The lowest BCUT2D eigenvalue weighted by molar-refractivity contribution is -0.129. The molecule has 3 aromatic carbocycles. The number of Topliss-reactive ketones (excluding diaryl/α,β-unsaturated/α-hetero) is 1. The van der Waals surface area contributed by atoms with E-state index in [0.717, 1.165) is 36.0 Å². The van der Waals surface area contributed by atoms with Crippen LogP contribution in [0, 0.1) is 5.92 Å². The van der Waals surface area contributed by atoms with Gasteiger partial charge in [0.1, 0.15) is 19.2 Å². The third-order valence-electron chi connectivity index (χ3n) is 7.86. The molecule has 4 rings (SSSR count). The number of carbonyl (C=O) groups is 3. The number of ether oxygens (including phenoxy) is 3. The average molecular weight is 600 g/mol. The Labute approximate surface area is 258 Å². The monoisotopic (exact) mass is 599 g/mol. The number of hydrogen-bond donors (Lipinski definition) is 2. The van der Waals surface area contributed by atoms with Crippen LogP contribution in [-0.4, -0.2) is 43.6 Å². The predicted octanol–water partition coefficient (Wildman–Crippen LogP) is 5.44. The van der Waals surface area contributed by atoms with E-state index in [0.29, 0.717) is 30.9 Å². The van der Waals surface area contributed by atoms with Gasteiger partial charge in [-0.05, 0) is 60.8 Å². The van der Waals surface area contributed by atoms with Crippen molar-refractivity contribution in [1.29, 1.82) is 0 Å². The maximum absolute atomic E-state index is 13.0. The molecular weight excluding hydrogens is 558 g/mol. The number of nitrogens with zero attached hydrogens (tertiary/aromatic N) is 1. The summed E-state index contributed by atoms with van der Waals surface area (Å²) < 4.78 is 15.6. The molecule has 3 atom stereocenters. The second-order valence-corrected chi connectivity index (χ2v) is 11.1. The van der Waals surface area contributed by atoms with Crippen molar-refractivity contribution in [2.75, 3.05) is 13.9 Å². The lowest BCUT2D eigenvalue weighted by atomic mass is 9.94. The summed E-state index contributed by atoms with van der Waals surface area (Å²) in [6, 6.07) is 24.3. The molecular formula is C35H41N3O6. The van der Waals surface area contributed by atoms with Gasteiger partial charge in [-0.25, -0.2) is 4.79 Å². The standard InChI is InChI=1S/C35H41N3O6/c1-24(37-34(40)31-17-16-30(20-31)29-10-6-9-27(19-29)21-43-23-42-2)32(39)18-13-25-11-14-28(15-12-25)33(36)38-35(41)44-22-26-7-4-3-5-8-26/h3-12,14-15,19,24,30-31H,13,16-18,20-23H2,1-2H3,(H,37,40)(H2,36,38,41)/t24-,30+,31+/m0/s1. The zero-order valence-electron chi connectivity index (χ0n) is 25.4. The van der Waals surface area contributed by atoms with Crippen molar-refractivity contribution in [3.05, 3.63) is 107 Å². The summed E-state index contributed by atoms with van der Waals surface area (Å²) >= 11 is 0. The molecule has 0 aromatic heterocycles. The molecule has 3 N–H and O–H groups in total. The van der Waals surface area contributed by atoms with Crippen molar-refractivity contribution in [3.63, 3.8) is 0 Å². The fourth-order valence-electron chi connectivity index (χ4n) is 5.35. The zero-order valence-corrected chi connectivity index (χ0v) is 25.4. The van der Waals surface area contributed by atoms with Crippen LogP contribution < -0.4 is 11.1 Å². The van der Waals surface area contributed by atoms with E-state index in [2.05, 4.69) is 22.4 Å². The van der Waals surface area contributed by atoms with E-state index in [1.807, 2.05) is 54.6 Å². The molecule has 0 unspecified atom stereocenters. The summed E-state index contributed by atoms with van der Waals surface area (Å²) in [6.07, 6.45) is 2.54. The molecule has 0 saturated heterocycles. The third-order valence-corrected chi connectivity index (χ3v) is 7.86. The zero-order chi connectivity index (χ0) is 31.3. The minimum absolute atomic E-state index is 0.0250. The number of hydrogen-bond acceptors (Lipinski definition) is 6. The maximum atomic E-state index is 13.0. The number of amides is 2. The molecule has 3 aromatic rings. The quantitative estimate of drug-likeness (QED) is 0.109. The summed E-state index contributed by atoms with van der Waals surface area (Å²) in [5.41, 5.74) is 10.7. The fourth-order valence-corrected chi connectivity index (χ4v) is 5.35. The number of ketones is 1. The van der Waals surface area contributed by atoms with Crippen LogP contribution >= 0.6 is 0 Å². The molecule has 9 nitrogen and oxygen atoms in total. The van der Waals surface area contributed by atoms with Gasteiger partial charge in [0.25, 0.3) is 0 Å². The molecule has 1 fully saturated rings. The highest BCUT2D eigenvalue weighted by atomic mass is 16.7. The van der Waals surface area contributed by atoms with E-state index < -0.39 is 12.1 Å². The van der Waals surface area contributed by atoms with Gasteiger partial charge in [-0.15, -0.1) is 0 Å². The van der Waals surface area contributed by atoms with E-state index in [1.165, 1.54) is 5.56 Å². The van der Waals surface area contributed by atoms with Gasteiger partial charge in [0.2, 0.25) is 5.91 Å². The Morgan fingerprint density at radius 1 is 0.932 bits per heavy atom. The minimum Gasteiger partial charge on any atom is -0.443 e. The molecule has 0 aliphatic heterocycles. The van der Waals surface area contributed by atoms with Crippen LogP contribution in [0.25, 0.3) is 0 Å². The summed E-state index contributed by atoms with van der Waals surface area (Å²) in [7, 11) is 1.60. The van der Waals surface area contributed by atoms with Crippen molar-refractivity contribution in [1.82, 2.24) is 5.32 Å². The number of methoxy groups -OCH3 is 1. The molecule has 1 saturated carbocycles. The predicted molar refractivity (Wildman–Crippen MR) is 168 cm³/mol. The molecule has 0 radical (unpaired) electrons. The summed E-state index contributed by atoms with van der Waals surface area (Å²) in [4.78, 5) is 41.7. The molecule has 232 valence electrons. The smallest absolute Gasteiger partial charge is 0.435 e. The summed E-state index contributed by atoms with van der Waals surface area (Å²) in [5.74, 6) is 0.164. The first kappa shape index (κ1) is 32.6. The molecule has 0 bridgehead atoms. The average Bonchev–Trinajstić information content (AvgIpc) is 3.54. The maximum Gasteiger partial charge on any atom is 0.435 e. The Bertz CT molecular complexity index is 1420. The molecule has 0 spiro atoms.